The Bertz CT molecular complexity index is 285. The largest absolute Gasteiger partial charge is 0.459 e. The van der Waals surface area contributed by atoms with Crippen LogP contribution in [-0.2, 0) is 9.47 Å². The molecular formula is C15H24O2. The number of ether oxygens (including phenoxy) is 2. The van der Waals surface area contributed by atoms with E-state index in [0.29, 0.717) is 5.92 Å². The number of hydrogen-bond acceptors (Lipinski definition) is 2. The second-order valence-electron chi connectivity index (χ2n) is 5.39. The SMILES string of the molecule is CCCC1CC=C(CC(C)C2OC=CO2)CC1. The Kier molecular flexibility index (Phi) is 4.52. The molecule has 2 atom stereocenters. The van der Waals surface area contributed by atoms with Gasteiger partial charge in [0.1, 0.15) is 12.5 Å². The van der Waals surface area contributed by atoms with E-state index < -0.39 is 0 Å². The molecule has 0 aromatic rings. The van der Waals surface area contributed by atoms with Gasteiger partial charge in [0, 0.05) is 5.92 Å². The first-order valence-electron chi connectivity index (χ1n) is 6.93. The zero-order valence-corrected chi connectivity index (χ0v) is 11.0. The lowest BCUT2D eigenvalue weighted by Gasteiger charge is -2.24. The maximum Gasteiger partial charge on any atom is 0.242 e. The van der Waals surface area contributed by atoms with Gasteiger partial charge < -0.3 is 9.47 Å². The Labute approximate surface area is 105 Å². The molecule has 0 saturated carbocycles. The van der Waals surface area contributed by atoms with Gasteiger partial charge >= 0.3 is 0 Å². The number of rotatable bonds is 5. The van der Waals surface area contributed by atoms with Crippen molar-refractivity contribution in [2.24, 2.45) is 11.8 Å². The van der Waals surface area contributed by atoms with Crippen molar-refractivity contribution in [1.82, 2.24) is 0 Å². The average molecular weight is 236 g/mol. The van der Waals surface area contributed by atoms with E-state index in [2.05, 4.69) is 19.9 Å². The summed E-state index contributed by atoms with van der Waals surface area (Å²) in [5, 5.41) is 0. The van der Waals surface area contributed by atoms with Gasteiger partial charge in [-0.25, -0.2) is 0 Å². The normalized spacial score (nSPS) is 26.2. The van der Waals surface area contributed by atoms with Gasteiger partial charge in [0.2, 0.25) is 6.29 Å². The molecule has 1 aliphatic heterocycles. The topological polar surface area (TPSA) is 18.5 Å². The van der Waals surface area contributed by atoms with Crippen molar-refractivity contribution in [3.8, 4) is 0 Å². The summed E-state index contributed by atoms with van der Waals surface area (Å²) >= 11 is 0. The Balaban J connectivity index is 1.76. The highest BCUT2D eigenvalue weighted by molar-refractivity contribution is 5.07. The third-order valence-electron chi connectivity index (χ3n) is 3.84. The van der Waals surface area contributed by atoms with Gasteiger partial charge in [0.25, 0.3) is 0 Å². The lowest BCUT2D eigenvalue weighted by atomic mass is 9.84. The molecular weight excluding hydrogens is 212 g/mol. The maximum atomic E-state index is 5.39. The van der Waals surface area contributed by atoms with Gasteiger partial charge in [0.05, 0.1) is 0 Å². The van der Waals surface area contributed by atoms with Crippen molar-refractivity contribution in [3.05, 3.63) is 24.2 Å². The Morgan fingerprint density at radius 3 is 2.71 bits per heavy atom. The fourth-order valence-electron chi connectivity index (χ4n) is 2.83. The first-order chi connectivity index (χ1) is 8.29. The maximum absolute atomic E-state index is 5.39. The van der Waals surface area contributed by atoms with Gasteiger partial charge in [-0.15, -0.1) is 0 Å². The summed E-state index contributed by atoms with van der Waals surface area (Å²) in [6.45, 7) is 4.49. The van der Waals surface area contributed by atoms with Crippen LogP contribution in [0, 0.1) is 11.8 Å². The van der Waals surface area contributed by atoms with E-state index in [0.717, 1.165) is 12.3 Å². The summed E-state index contributed by atoms with van der Waals surface area (Å²) in [6, 6.07) is 0. The van der Waals surface area contributed by atoms with Crippen LogP contribution in [0.5, 0.6) is 0 Å². The quantitative estimate of drug-likeness (QED) is 0.659. The van der Waals surface area contributed by atoms with E-state index in [1.165, 1.54) is 32.1 Å². The molecule has 2 rings (SSSR count). The fourth-order valence-corrected chi connectivity index (χ4v) is 2.83. The van der Waals surface area contributed by atoms with Crippen molar-refractivity contribution < 1.29 is 9.47 Å². The molecule has 2 aliphatic rings. The minimum atomic E-state index is -0.0655. The third-order valence-corrected chi connectivity index (χ3v) is 3.84. The molecule has 0 aromatic carbocycles. The van der Waals surface area contributed by atoms with Crippen molar-refractivity contribution in [2.45, 2.75) is 58.7 Å². The molecule has 1 aliphatic carbocycles. The second kappa shape index (κ2) is 6.13. The summed E-state index contributed by atoms with van der Waals surface area (Å²) in [7, 11) is 0. The van der Waals surface area contributed by atoms with E-state index in [9.17, 15) is 0 Å². The van der Waals surface area contributed by atoms with Crippen LogP contribution in [0.25, 0.3) is 0 Å². The van der Waals surface area contributed by atoms with Crippen molar-refractivity contribution >= 4 is 0 Å². The first kappa shape index (κ1) is 12.5. The Morgan fingerprint density at radius 1 is 1.35 bits per heavy atom. The van der Waals surface area contributed by atoms with Crippen LogP contribution in [-0.4, -0.2) is 6.29 Å². The van der Waals surface area contributed by atoms with Crippen molar-refractivity contribution in [2.75, 3.05) is 0 Å². The molecule has 0 N–H and O–H groups in total. The lowest BCUT2D eigenvalue weighted by Crippen LogP contribution is -2.19. The Morgan fingerprint density at radius 2 is 2.12 bits per heavy atom. The minimum Gasteiger partial charge on any atom is -0.459 e. The summed E-state index contributed by atoms with van der Waals surface area (Å²) in [5.41, 5.74) is 1.60. The number of hydrogen-bond donors (Lipinski definition) is 0. The highest BCUT2D eigenvalue weighted by Crippen LogP contribution is 2.31. The Hall–Kier alpha value is -0.920. The van der Waals surface area contributed by atoms with Crippen LogP contribution in [0.1, 0.15) is 52.4 Å². The minimum absolute atomic E-state index is 0.0655. The molecule has 96 valence electrons. The van der Waals surface area contributed by atoms with E-state index >= 15 is 0 Å². The van der Waals surface area contributed by atoms with Crippen LogP contribution in [0.15, 0.2) is 24.2 Å². The predicted octanol–water partition coefficient (Wildman–Crippen LogP) is 4.38. The van der Waals surface area contributed by atoms with Gasteiger partial charge in [-0.2, -0.15) is 0 Å². The van der Waals surface area contributed by atoms with Gasteiger partial charge in [0.15, 0.2) is 0 Å². The fraction of sp³-hybridized carbons (Fsp3) is 0.733. The predicted molar refractivity (Wildman–Crippen MR) is 69.2 cm³/mol. The van der Waals surface area contributed by atoms with E-state index in [-0.39, 0.29) is 6.29 Å². The molecule has 0 bridgehead atoms. The highest BCUT2D eigenvalue weighted by Gasteiger charge is 2.23. The molecule has 0 amide bonds. The van der Waals surface area contributed by atoms with Crippen molar-refractivity contribution in [1.29, 1.82) is 0 Å². The zero-order valence-electron chi connectivity index (χ0n) is 11.0. The zero-order chi connectivity index (χ0) is 12.1. The highest BCUT2D eigenvalue weighted by atomic mass is 16.7. The molecule has 17 heavy (non-hydrogen) atoms. The summed E-state index contributed by atoms with van der Waals surface area (Å²) in [5.74, 6) is 1.37. The van der Waals surface area contributed by atoms with Crippen molar-refractivity contribution in [3.63, 3.8) is 0 Å². The average Bonchev–Trinajstić information content (AvgIpc) is 2.86. The molecule has 0 aromatic heterocycles. The molecule has 0 radical (unpaired) electrons. The van der Waals surface area contributed by atoms with Crippen LogP contribution < -0.4 is 0 Å². The van der Waals surface area contributed by atoms with Crippen LogP contribution >= 0.6 is 0 Å². The molecule has 0 saturated heterocycles. The van der Waals surface area contributed by atoms with Gasteiger partial charge in [-0.1, -0.05) is 38.3 Å². The standard InChI is InChI=1S/C15H24O2/c1-3-4-13-5-7-14(8-6-13)11-12(2)15-16-9-10-17-15/h7,9-10,12-13,15H,3-6,8,11H2,1-2H3. The smallest absolute Gasteiger partial charge is 0.242 e. The van der Waals surface area contributed by atoms with Crippen LogP contribution in [0.2, 0.25) is 0 Å². The summed E-state index contributed by atoms with van der Waals surface area (Å²) in [6.07, 6.45) is 13.4. The lowest BCUT2D eigenvalue weighted by molar-refractivity contribution is -0.0612. The molecule has 0 spiro atoms. The third kappa shape index (κ3) is 3.52. The van der Waals surface area contributed by atoms with E-state index in [1.807, 2.05) is 0 Å². The van der Waals surface area contributed by atoms with Gasteiger partial charge in [-0.05, 0) is 31.6 Å². The molecule has 2 heteroatoms. The van der Waals surface area contributed by atoms with Gasteiger partial charge in [-0.3, -0.25) is 0 Å². The first-order valence-corrected chi connectivity index (χ1v) is 6.93. The number of allylic oxidation sites excluding steroid dienone is 2. The molecule has 2 nitrogen and oxygen atoms in total. The molecule has 0 fully saturated rings. The molecule has 2 unspecified atom stereocenters. The monoisotopic (exact) mass is 236 g/mol. The second-order valence-corrected chi connectivity index (χ2v) is 5.39. The van der Waals surface area contributed by atoms with E-state index in [1.54, 1.807) is 18.1 Å². The summed E-state index contributed by atoms with van der Waals surface area (Å²) < 4.78 is 10.8. The van der Waals surface area contributed by atoms with Crippen LogP contribution in [0.3, 0.4) is 0 Å². The van der Waals surface area contributed by atoms with E-state index in [4.69, 9.17) is 9.47 Å². The summed E-state index contributed by atoms with van der Waals surface area (Å²) in [4.78, 5) is 0. The van der Waals surface area contributed by atoms with Crippen LogP contribution in [0.4, 0.5) is 0 Å². The molecule has 1 heterocycles.